The molecule has 3 aromatic rings. The maximum atomic E-state index is 12.7. The van der Waals surface area contributed by atoms with Crippen molar-refractivity contribution in [2.24, 2.45) is 0 Å². The second-order valence-electron chi connectivity index (χ2n) is 8.43. The molecular formula is C26H26N4O4. The molecule has 0 bridgehead atoms. The molecule has 0 atom stereocenters. The molecule has 1 aromatic heterocycles. The molecule has 0 unspecified atom stereocenters. The first-order valence-corrected chi connectivity index (χ1v) is 11.1. The highest BCUT2D eigenvalue weighted by Gasteiger charge is 2.29. The summed E-state index contributed by atoms with van der Waals surface area (Å²) in [7, 11) is 3.68. The molecule has 0 radical (unpaired) electrons. The number of anilines is 2. The van der Waals surface area contributed by atoms with Crippen molar-refractivity contribution < 1.29 is 18.7 Å². The van der Waals surface area contributed by atoms with E-state index in [1.54, 1.807) is 44.0 Å². The van der Waals surface area contributed by atoms with Crippen molar-refractivity contribution in [1.29, 1.82) is 0 Å². The van der Waals surface area contributed by atoms with Crippen LogP contribution in [0.2, 0.25) is 0 Å². The number of carbonyl (C=O) groups is 2. The van der Waals surface area contributed by atoms with Gasteiger partial charge in [0.15, 0.2) is 0 Å². The molecule has 174 valence electrons. The first-order valence-electron chi connectivity index (χ1n) is 11.1. The van der Waals surface area contributed by atoms with E-state index in [0.717, 1.165) is 43.0 Å². The number of methoxy groups -OCH3 is 1. The van der Waals surface area contributed by atoms with Gasteiger partial charge in [0.05, 0.1) is 30.8 Å². The zero-order valence-electron chi connectivity index (χ0n) is 19.1. The van der Waals surface area contributed by atoms with Crippen LogP contribution in [0, 0.1) is 0 Å². The van der Waals surface area contributed by atoms with Crippen LogP contribution in [0.3, 0.4) is 0 Å². The summed E-state index contributed by atoms with van der Waals surface area (Å²) < 4.78 is 10.7. The third-order valence-electron chi connectivity index (χ3n) is 6.30. The number of nitrogens with one attached hydrogen (secondary N) is 2. The standard InChI is InChI=1S/C26H26N4O4/c1-29-8-10-30(11-9-29)19-5-3-18(4-6-19)27-15-23-21-13-20(17-7-12-34-16-17)24(33-2)14-22(21)25(31)28-26(23)32/h3-7,12-16,27H,8-11H2,1-2H3,(H,28,31,32). The summed E-state index contributed by atoms with van der Waals surface area (Å²) in [6.07, 6.45) is 4.80. The van der Waals surface area contributed by atoms with Crippen LogP contribution in [-0.2, 0) is 4.79 Å². The summed E-state index contributed by atoms with van der Waals surface area (Å²) in [4.78, 5) is 29.9. The van der Waals surface area contributed by atoms with Crippen LogP contribution in [0.4, 0.5) is 11.4 Å². The number of carbonyl (C=O) groups excluding carboxylic acids is 2. The fraction of sp³-hybridized carbons (Fsp3) is 0.231. The van der Waals surface area contributed by atoms with Crippen LogP contribution < -0.4 is 20.3 Å². The number of fused-ring (bicyclic) bond motifs is 1. The van der Waals surface area contributed by atoms with Gasteiger partial charge in [0, 0.05) is 60.4 Å². The number of benzene rings is 2. The number of nitrogens with zero attached hydrogens (tertiary/aromatic N) is 2. The number of likely N-dealkylation sites (N-methyl/N-ethyl adjacent to an activating group) is 1. The third kappa shape index (κ3) is 4.15. The van der Waals surface area contributed by atoms with E-state index in [1.807, 2.05) is 12.1 Å². The summed E-state index contributed by atoms with van der Waals surface area (Å²) in [6, 6.07) is 13.4. The van der Waals surface area contributed by atoms with Crippen LogP contribution in [-0.4, -0.2) is 57.1 Å². The van der Waals surface area contributed by atoms with Gasteiger partial charge in [-0.3, -0.25) is 14.9 Å². The van der Waals surface area contributed by atoms with Gasteiger partial charge in [-0.25, -0.2) is 0 Å². The number of imide groups is 1. The Kier molecular flexibility index (Phi) is 5.81. The smallest absolute Gasteiger partial charge is 0.260 e. The average molecular weight is 459 g/mol. The number of amides is 2. The van der Waals surface area contributed by atoms with Crippen LogP contribution >= 0.6 is 0 Å². The van der Waals surface area contributed by atoms with Crippen molar-refractivity contribution in [3.63, 3.8) is 0 Å². The molecule has 8 heteroatoms. The van der Waals surface area contributed by atoms with Crippen molar-refractivity contribution in [2.75, 3.05) is 50.6 Å². The highest BCUT2D eigenvalue weighted by molar-refractivity contribution is 6.31. The van der Waals surface area contributed by atoms with E-state index in [-0.39, 0.29) is 0 Å². The predicted molar refractivity (Wildman–Crippen MR) is 131 cm³/mol. The predicted octanol–water partition coefficient (Wildman–Crippen LogP) is 3.43. The highest BCUT2D eigenvalue weighted by atomic mass is 16.5. The summed E-state index contributed by atoms with van der Waals surface area (Å²) in [6.45, 7) is 4.09. The number of ether oxygens (including phenoxy) is 1. The summed E-state index contributed by atoms with van der Waals surface area (Å²) >= 11 is 0. The first kappa shape index (κ1) is 21.8. The van der Waals surface area contributed by atoms with E-state index in [9.17, 15) is 9.59 Å². The number of rotatable bonds is 5. The fourth-order valence-electron chi connectivity index (χ4n) is 4.29. The average Bonchev–Trinajstić information content (AvgIpc) is 3.39. The topological polar surface area (TPSA) is 87.1 Å². The molecule has 0 saturated carbocycles. The van der Waals surface area contributed by atoms with Crippen LogP contribution in [0.1, 0.15) is 15.9 Å². The highest BCUT2D eigenvalue weighted by Crippen LogP contribution is 2.37. The zero-order valence-corrected chi connectivity index (χ0v) is 19.1. The van der Waals surface area contributed by atoms with Crippen molar-refractivity contribution in [1.82, 2.24) is 10.2 Å². The molecule has 2 N–H and O–H groups in total. The Hall–Kier alpha value is -4.04. The van der Waals surface area contributed by atoms with Gasteiger partial charge in [0.25, 0.3) is 11.8 Å². The van der Waals surface area contributed by atoms with Gasteiger partial charge in [-0.1, -0.05) is 0 Å². The lowest BCUT2D eigenvalue weighted by atomic mass is 9.91. The number of hydrogen-bond donors (Lipinski definition) is 2. The van der Waals surface area contributed by atoms with E-state index in [2.05, 4.69) is 39.6 Å². The molecule has 5 rings (SSSR count). The first-order chi connectivity index (χ1) is 16.5. The summed E-state index contributed by atoms with van der Waals surface area (Å²) in [5.41, 5.74) is 4.83. The van der Waals surface area contributed by atoms with Gasteiger partial charge in [-0.2, -0.15) is 0 Å². The monoisotopic (exact) mass is 458 g/mol. The van der Waals surface area contributed by atoms with Crippen LogP contribution in [0.5, 0.6) is 5.75 Å². The molecule has 0 spiro atoms. The molecule has 2 aliphatic rings. The second kappa shape index (κ2) is 9.07. The SMILES string of the molecule is COc1cc2c(cc1-c1ccoc1)C(=CNc1ccc(N3CCN(C)CC3)cc1)C(=O)NC2=O. The lowest BCUT2D eigenvalue weighted by molar-refractivity contribution is -0.114. The number of piperazine rings is 1. The largest absolute Gasteiger partial charge is 0.496 e. The van der Waals surface area contributed by atoms with E-state index < -0.39 is 11.8 Å². The van der Waals surface area contributed by atoms with Crippen LogP contribution in [0.25, 0.3) is 16.7 Å². The minimum Gasteiger partial charge on any atom is -0.496 e. The molecule has 1 saturated heterocycles. The Morgan fingerprint density at radius 3 is 2.41 bits per heavy atom. The van der Waals surface area contributed by atoms with Crippen molar-refractivity contribution in [3.05, 3.63) is 72.3 Å². The Morgan fingerprint density at radius 1 is 0.971 bits per heavy atom. The van der Waals surface area contributed by atoms with Gasteiger partial charge in [-0.15, -0.1) is 0 Å². The molecule has 1 fully saturated rings. The van der Waals surface area contributed by atoms with Gasteiger partial charge in [-0.05, 0) is 49.5 Å². The van der Waals surface area contributed by atoms with Gasteiger partial charge in [0.2, 0.25) is 0 Å². The molecular weight excluding hydrogens is 432 g/mol. The Labute approximate surface area is 197 Å². The normalized spacial score (nSPS) is 17.5. The van der Waals surface area contributed by atoms with Gasteiger partial charge < -0.3 is 24.3 Å². The molecule has 3 heterocycles. The maximum absolute atomic E-state index is 12.7. The van der Waals surface area contributed by atoms with E-state index in [0.29, 0.717) is 22.4 Å². The minimum absolute atomic E-state index is 0.366. The molecule has 2 aromatic carbocycles. The van der Waals surface area contributed by atoms with Gasteiger partial charge in [0.1, 0.15) is 5.75 Å². The Morgan fingerprint density at radius 2 is 1.74 bits per heavy atom. The van der Waals surface area contributed by atoms with Crippen molar-refractivity contribution >= 4 is 28.8 Å². The third-order valence-corrected chi connectivity index (χ3v) is 6.30. The Bertz CT molecular complexity index is 1240. The lowest BCUT2D eigenvalue weighted by Gasteiger charge is -2.34. The summed E-state index contributed by atoms with van der Waals surface area (Å²) in [5.74, 6) is -0.385. The molecule has 34 heavy (non-hydrogen) atoms. The molecule has 0 aliphatic carbocycles. The zero-order chi connectivity index (χ0) is 23.7. The fourth-order valence-corrected chi connectivity index (χ4v) is 4.29. The molecule has 2 aliphatic heterocycles. The number of hydrogen-bond acceptors (Lipinski definition) is 7. The quantitative estimate of drug-likeness (QED) is 0.447. The Balaban J connectivity index is 1.43. The minimum atomic E-state index is -0.456. The van der Waals surface area contributed by atoms with E-state index in [4.69, 9.17) is 9.15 Å². The number of furan rings is 1. The molecule has 2 amide bonds. The molecule has 8 nitrogen and oxygen atoms in total. The van der Waals surface area contributed by atoms with E-state index >= 15 is 0 Å². The van der Waals surface area contributed by atoms with Crippen LogP contribution in [0.15, 0.2) is 65.6 Å². The van der Waals surface area contributed by atoms with Gasteiger partial charge >= 0.3 is 0 Å². The second-order valence-corrected chi connectivity index (χ2v) is 8.43. The lowest BCUT2D eigenvalue weighted by Crippen LogP contribution is -2.44. The summed E-state index contributed by atoms with van der Waals surface area (Å²) in [5, 5.41) is 5.62. The van der Waals surface area contributed by atoms with E-state index in [1.165, 1.54) is 5.69 Å². The maximum Gasteiger partial charge on any atom is 0.260 e. The van der Waals surface area contributed by atoms with Crippen molar-refractivity contribution in [2.45, 2.75) is 0 Å². The van der Waals surface area contributed by atoms with Crippen molar-refractivity contribution in [3.8, 4) is 16.9 Å².